The Labute approximate surface area is 108 Å². The van der Waals surface area contributed by atoms with Gasteiger partial charge in [-0.25, -0.2) is 4.98 Å². The average Bonchev–Trinajstić information content (AvgIpc) is 2.95. The summed E-state index contributed by atoms with van der Waals surface area (Å²) in [5.74, 6) is 0.451. The highest BCUT2D eigenvalue weighted by Crippen LogP contribution is 2.17. The standard InChI is InChI=1S/C11H13N5OS/c1-7-12-11(18-15-7)13-10(17)9-6-8-4-2-3-5-16(8)14-9/h6H,2-5H2,1H3,(H,12,13,15,17). The monoisotopic (exact) mass is 263 g/mol. The van der Waals surface area contributed by atoms with Crippen molar-refractivity contribution in [3.05, 3.63) is 23.3 Å². The minimum absolute atomic E-state index is 0.215. The second-order valence-electron chi connectivity index (χ2n) is 4.30. The molecule has 0 aromatic carbocycles. The molecule has 94 valence electrons. The van der Waals surface area contributed by atoms with Crippen LogP contribution in [0.5, 0.6) is 0 Å². The molecule has 0 radical (unpaired) electrons. The number of carbonyl (C=O) groups is 1. The molecule has 7 heteroatoms. The normalized spacial score (nSPS) is 14.3. The zero-order valence-electron chi connectivity index (χ0n) is 10.0. The highest BCUT2D eigenvalue weighted by atomic mass is 32.1. The maximum Gasteiger partial charge on any atom is 0.277 e. The van der Waals surface area contributed by atoms with E-state index in [9.17, 15) is 4.79 Å². The molecule has 18 heavy (non-hydrogen) atoms. The number of aryl methyl sites for hydroxylation is 3. The van der Waals surface area contributed by atoms with Gasteiger partial charge in [-0.3, -0.25) is 14.8 Å². The van der Waals surface area contributed by atoms with Gasteiger partial charge in [0.1, 0.15) is 5.82 Å². The highest BCUT2D eigenvalue weighted by molar-refractivity contribution is 7.09. The molecule has 0 fully saturated rings. The fourth-order valence-corrected chi connectivity index (χ4v) is 2.61. The molecule has 0 unspecified atom stereocenters. The van der Waals surface area contributed by atoms with E-state index in [-0.39, 0.29) is 5.91 Å². The maximum atomic E-state index is 12.0. The van der Waals surface area contributed by atoms with Gasteiger partial charge in [0.15, 0.2) is 5.69 Å². The summed E-state index contributed by atoms with van der Waals surface area (Å²) < 4.78 is 5.94. The molecule has 0 atom stereocenters. The molecule has 1 aliphatic rings. The molecule has 6 nitrogen and oxygen atoms in total. The van der Waals surface area contributed by atoms with Gasteiger partial charge in [-0.1, -0.05) is 0 Å². The third kappa shape index (κ3) is 2.13. The van der Waals surface area contributed by atoms with Crippen molar-refractivity contribution in [3.63, 3.8) is 0 Å². The smallest absolute Gasteiger partial charge is 0.277 e. The van der Waals surface area contributed by atoms with Crippen LogP contribution < -0.4 is 5.32 Å². The maximum absolute atomic E-state index is 12.0. The number of carbonyl (C=O) groups excluding carboxylic acids is 1. The Morgan fingerprint density at radius 2 is 2.39 bits per heavy atom. The van der Waals surface area contributed by atoms with E-state index in [4.69, 9.17) is 0 Å². The second-order valence-corrected chi connectivity index (χ2v) is 5.05. The summed E-state index contributed by atoms with van der Waals surface area (Å²) >= 11 is 1.18. The van der Waals surface area contributed by atoms with E-state index in [0.717, 1.165) is 25.1 Å². The summed E-state index contributed by atoms with van der Waals surface area (Å²) in [7, 11) is 0. The predicted molar refractivity (Wildman–Crippen MR) is 67.8 cm³/mol. The van der Waals surface area contributed by atoms with Crippen molar-refractivity contribution in [3.8, 4) is 0 Å². The molecule has 0 aliphatic carbocycles. The Bertz CT molecular complexity index is 565. The number of nitrogens with zero attached hydrogens (tertiary/aromatic N) is 4. The fraction of sp³-hybridized carbons (Fsp3) is 0.455. The van der Waals surface area contributed by atoms with Gasteiger partial charge in [-0.05, 0) is 32.3 Å². The molecular formula is C11H13N5OS. The first-order chi connectivity index (χ1) is 8.72. The molecule has 0 saturated heterocycles. The molecule has 1 amide bonds. The van der Waals surface area contributed by atoms with Gasteiger partial charge < -0.3 is 0 Å². The number of nitrogens with one attached hydrogen (secondary N) is 1. The van der Waals surface area contributed by atoms with Crippen molar-refractivity contribution < 1.29 is 4.79 Å². The van der Waals surface area contributed by atoms with Gasteiger partial charge in [0.05, 0.1) is 0 Å². The summed E-state index contributed by atoms with van der Waals surface area (Å²) in [4.78, 5) is 16.1. The van der Waals surface area contributed by atoms with Gasteiger partial charge in [0.25, 0.3) is 5.91 Å². The second kappa shape index (κ2) is 4.49. The van der Waals surface area contributed by atoms with E-state index in [1.807, 2.05) is 10.7 Å². The highest BCUT2D eigenvalue weighted by Gasteiger charge is 2.17. The van der Waals surface area contributed by atoms with Gasteiger partial charge in [0.2, 0.25) is 5.13 Å². The van der Waals surface area contributed by atoms with Crippen molar-refractivity contribution >= 4 is 22.6 Å². The van der Waals surface area contributed by atoms with E-state index >= 15 is 0 Å². The Morgan fingerprint density at radius 3 is 3.11 bits per heavy atom. The Morgan fingerprint density at radius 1 is 1.50 bits per heavy atom. The minimum atomic E-state index is -0.215. The first-order valence-electron chi connectivity index (χ1n) is 5.91. The van der Waals surface area contributed by atoms with Gasteiger partial charge >= 0.3 is 0 Å². The number of rotatable bonds is 2. The summed E-state index contributed by atoms with van der Waals surface area (Å²) in [6, 6.07) is 1.86. The minimum Gasteiger partial charge on any atom is -0.295 e. The van der Waals surface area contributed by atoms with Crippen molar-refractivity contribution in [2.45, 2.75) is 32.7 Å². The van der Waals surface area contributed by atoms with Crippen LogP contribution in [0.4, 0.5) is 5.13 Å². The van der Waals surface area contributed by atoms with Crippen molar-refractivity contribution in [2.75, 3.05) is 5.32 Å². The summed E-state index contributed by atoms with van der Waals surface area (Å²) in [6.07, 6.45) is 3.30. The first kappa shape index (κ1) is 11.3. The van der Waals surface area contributed by atoms with Crippen LogP contribution in [0.1, 0.15) is 34.8 Å². The number of hydrogen-bond acceptors (Lipinski definition) is 5. The van der Waals surface area contributed by atoms with Gasteiger partial charge in [-0.15, -0.1) is 0 Å². The number of hydrogen-bond donors (Lipinski definition) is 1. The summed E-state index contributed by atoms with van der Waals surface area (Å²) in [5, 5.41) is 7.55. The van der Waals surface area contributed by atoms with Crippen LogP contribution in [-0.4, -0.2) is 25.0 Å². The predicted octanol–water partition coefficient (Wildman–Crippen LogP) is 1.63. The third-order valence-electron chi connectivity index (χ3n) is 2.90. The number of amides is 1. The lowest BCUT2D eigenvalue weighted by Gasteiger charge is -2.11. The lowest BCUT2D eigenvalue weighted by Crippen LogP contribution is -2.14. The zero-order chi connectivity index (χ0) is 12.5. The SMILES string of the molecule is Cc1nsc(NC(=O)c2cc3n(n2)CCCC3)n1. The average molecular weight is 263 g/mol. The van der Waals surface area contributed by atoms with Crippen LogP contribution in [0.15, 0.2) is 6.07 Å². The Balaban J connectivity index is 1.78. The molecule has 3 heterocycles. The van der Waals surface area contributed by atoms with Crippen LogP contribution in [0.2, 0.25) is 0 Å². The zero-order valence-corrected chi connectivity index (χ0v) is 10.8. The quantitative estimate of drug-likeness (QED) is 0.893. The number of aromatic nitrogens is 4. The Hall–Kier alpha value is -1.76. The van der Waals surface area contributed by atoms with E-state index in [1.165, 1.54) is 18.0 Å². The topological polar surface area (TPSA) is 72.7 Å². The molecule has 0 spiro atoms. The number of fused-ring (bicyclic) bond motifs is 1. The van der Waals surface area contributed by atoms with Crippen LogP contribution >= 0.6 is 11.5 Å². The molecule has 1 N–H and O–H groups in total. The van der Waals surface area contributed by atoms with Crippen LogP contribution in [0, 0.1) is 6.92 Å². The fourth-order valence-electron chi connectivity index (χ4n) is 2.04. The molecule has 2 aromatic heterocycles. The first-order valence-corrected chi connectivity index (χ1v) is 6.68. The molecule has 3 rings (SSSR count). The van der Waals surface area contributed by atoms with Gasteiger partial charge in [0, 0.05) is 23.8 Å². The molecule has 0 saturated carbocycles. The number of anilines is 1. The molecular weight excluding hydrogens is 250 g/mol. The third-order valence-corrected chi connectivity index (χ3v) is 3.62. The van der Waals surface area contributed by atoms with Crippen LogP contribution in [0.25, 0.3) is 0 Å². The van der Waals surface area contributed by atoms with Crippen molar-refractivity contribution in [1.82, 2.24) is 19.1 Å². The molecule has 1 aliphatic heterocycles. The van der Waals surface area contributed by atoms with Crippen molar-refractivity contribution in [1.29, 1.82) is 0 Å². The van der Waals surface area contributed by atoms with Crippen molar-refractivity contribution in [2.24, 2.45) is 0 Å². The molecule has 0 bridgehead atoms. The van der Waals surface area contributed by atoms with E-state index < -0.39 is 0 Å². The Kier molecular flexibility index (Phi) is 2.83. The van der Waals surface area contributed by atoms with Gasteiger partial charge in [-0.2, -0.15) is 9.47 Å². The summed E-state index contributed by atoms with van der Waals surface area (Å²) in [6.45, 7) is 2.70. The summed E-state index contributed by atoms with van der Waals surface area (Å²) in [5.41, 5.74) is 1.60. The van der Waals surface area contributed by atoms with Crippen LogP contribution in [-0.2, 0) is 13.0 Å². The largest absolute Gasteiger partial charge is 0.295 e. The lowest BCUT2D eigenvalue weighted by atomic mass is 10.1. The van der Waals surface area contributed by atoms with E-state index in [0.29, 0.717) is 16.6 Å². The molecule has 2 aromatic rings. The van der Waals surface area contributed by atoms with Crippen LogP contribution in [0.3, 0.4) is 0 Å². The lowest BCUT2D eigenvalue weighted by molar-refractivity contribution is 0.102. The van der Waals surface area contributed by atoms with E-state index in [1.54, 1.807) is 6.92 Å². The van der Waals surface area contributed by atoms with E-state index in [2.05, 4.69) is 19.8 Å².